The smallest absolute Gasteiger partial charge is 0.331 e. The first-order valence-electron chi connectivity index (χ1n) is 3.51. The van der Waals surface area contributed by atoms with Gasteiger partial charge in [0, 0.05) is 12.0 Å². The quantitative estimate of drug-likeness (QED) is 0.621. The molecule has 0 fully saturated rings. The van der Waals surface area contributed by atoms with Gasteiger partial charge in [-0.1, -0.05) is 6.08 Å². The number of halogens is 2. The summed E-state index contributed by atoms with van der Waals surface area (Å²) >= 11 is 0. The lowest BCUT2D eigenvalue weighted by Crippen LogP contribution is -2.42. The van der Waals surface area contributed by atoms with Crippen LogP contribution in [0.4, 0.5) is 8.78 Å². The first-order chi connectivity index (χ1) is 5.43. The number of hydrogen-bond donors (Lipinski definition) is 2. The van der Waals surface area contributed by atoms with Crippen molar-refractivity contribution in [2.75, 3.05) is 0 Å². The molecule has 0 amide bonds. The lowest BCUT2D eigenvalue weighted by atomic mass is 9.93. The number of aliphatic carboxylic acids is 1. The summed E-state index contributed by atoms with van der Waals surface area (Å²) in [6, 6.07) is -1.46. The average molecular weight is 177 g/mol. The van der Waals surface area contributed by atoms with Gasteiger partial charge < -0.3 is 10.8 Å². The van der Waals surface area contributed by atoms with Crippen molar-refractivity contribution < 1.29 is 18.7 Å². The summed E-state index contributed by atoms with van der Waals surface area (Å²) in [5.74, 6) is -4.13. The van der Waals surface area contributed by atoms with Crippen LogP contribution in [0.15, 0.2) is 11.6 Å². The molecule has 0 aliphatic heterocycles. The minimum atomic E-state index is -2.96. The first kappa shape index (κ1) is 9.12. The molecular weight excluding hydrogens is 168 g/mol. The van der Waals surface area contributed by atoms with Crippen LogP contribution in [-0.2, 0) is 4.79 Å². The Kier molecular flexibility index (Phi) is 2.14. The molecule has 0 radical (unpaired) electrons. The van der Waals surface area contributed by atoms with E-state index in [1.807, 2.05) is 0 Å². The summed E-state index contributed by atoms with van der Waals surface area (Å²) < 4.78 is 25.3. The van der Waals surface area contributed by atoms with Gasteiger partial charge in [0.25, 0.3) is 5.92 Å². The van der Waals surface area contributed by atoms with Crippen molar-refractivity contribution >= 4 is 5.97 Å². The van der Waals surface area contributed by atoms with Gasteiger partial charge in [-0.05, 0) is 6.42 Å². The van der Waals surface area contributed by atoms with Crippen molar-refractivity contribution in [3.05, 3.63) is 11.6 Å². The van der Waals surface area contributed by atoms with Crippen molar-refractivity contribution in [1.82, 2.24) is 0 Å². The molecule has 1 aliphatic carbocycles. The van der Waals surface area contributed by atoms with Crippen LogP contribution in [0.25, 0.3) is 0 Å². The monoisotopic (exact) mass is 177 g/mol. The predicted octanol–water partition coefficient (Wildman–Crippen LogP) is 0.754. The number of hydrogen-bond acceptors (Lipinski definition) is 2. The van der Waals surface area contributed by atoms with Gasteiger partial charge in [0.15, 0.2) is 0 Å². The third kappa shape index (κ3) is 1.61. The Morgan fingerprint density at radius 1 is 1.75 bits per heavy atom. The number of alkyl halides is 2. The Morgan fingerprint density at radius 3 is 2.75 bits per heavy atom. The van der Waals surface area contributed by atoms with Crippen LogP contribution in [0.3, 0.4) is 0 Å². The topological polar surface area (TPSA) is 63.3 Å². The third-order valence-electron chi connectivity index (χ3n) is 1.87. The number of carboxylic acid groups (broad SMARTS) is 1. The van der Waals surface area contributed by atoms with E-state index in [-0.39, 0.29) is 12.0 Å². The predicted molar refractivity (Wildman–Crippen MR) is 37.9 cm³/mol. The van der Waals surface area contributed by atoms with E-state index in [0.29, 0.717) is 0 Å². The second-order valence-electron chi connectivity index (χ2n) is 2.78. The van der Waals surface area contributed by atoms with E-state index in [2.05, 4.69) is 0 Å². The van der Waals surface area contributed by atoms with Crippen LogP contribution in [0, 0.1) is 0 Å². The highest BCUT2D eigenvalue weighted by Gasteiger charge is 2.39. The van der Waals surface area contributed by atoms with E-state index >= 15 is 0 Å². The summed E-state index contributed by atoms with van der Waals surface area (Å²) in [6.07, 6.45) is 0.328. The fourth-order valence-electron chi connectivity index (χ4n) is 1.07. The fourth-order valence-corrected chi connectivity index (χ4v) is 1.07. The summed E-state index contributed by atoms with van der Waals surface area (Å²) in [7, 11) is 0. The highest BCUT2D eigenvalue weighted by molar-refractivity contribution is 5.86. The lowest BCUT2D eigenvalue weighted by Gasteiger charge is -2.25. The molecule has 3 N–H and O–H groups in total. The first-order valence-corrected chi connectivity index (χ1v) is 3.51. The van der Waals surface area contributed by atoms with Crippen LogP contribution in [-0.4, -0.2) is 23.0 Å². The van der Waals surface area contributed by atoms with E-state index in [0.717, 1.165) is 6.08 Å². The summed E-state index contributed by atoms with van der Waals surface area (Å²) in [6.45, 7) is 0. The minimum Gasteiger partial charge on any atom is -0.478 e. The van der Waals surface area contributed by atoms with Gasteiger partial charge in [0.2, 0.25) is 0 Å². The molecule has 0 bridgehead atoms. The molecular formula is C7H9F2NO2. The summed E-state index contributed by atoms with van der Waals surface area (Å²) in [5, 5.41) is 8.46. The second kappa shape index (κ2) is 2.82. The molecule has 0 saturated heterocycles. The van der Waals surface area contributed by atoms with Gasteiger partial charge in [-0.3, -0.25) is 0 Å². The average Bonchev–Trinajstić information content (AvgIpc) is 1.94. The molecule has 0 heterocycles. The highest BCUT2D eigenvalue weighted by Crippen LogP contribution is 2.31. The molecule has 1 rings (SSSR count). The van der Waals surface area contributed by atoms with Gasteiger partial charge in [0.05, 0.1) is 6.04 Å². The van der Waals surface area contributed by atoms with Crippen LogP contribution in [0.5, 0.6) is 0 Å². The molecule has 1 unspecified atom stereocenters. The van der Waals surface area contributed by atoms with E-state index < -0.39 is 24.4 Å². The molecule has 12 heavy (non-hydrogen) atoms. The zero-order valence-corrected chi connectivity index (χ0v) is 6.26. The van der Waals surface area contributed by atoms with Crippen LogP contribution < -0.4 is 5.73 Å². The molecule has 1 atom stereocenters. The standard InChI is InChI=1S/C7H9F2NO2/c8-7(9)2-1-4(6(11)12)3-5(7)10/h3,5H,1-2,10H2,(H,11,12). The fraction of sp³-hybridized carbons (Fsp3) is 0.571. The largest absolute Gasteiger partial charge is 0.478 e. The molecule has 0 aromatic carbocycles. The molecule has 0 spiro atoms. The van der Waals surface area contributed by atoms with Gasteiger partial charge in [-0.15, -0.1) is 0 Å². The lowest BCUT2D eigenvalue weighted by molar-refractivity contribution is -0.133. The van der Waals surface area contributed by atoms with E-state index in [4.69, 9.17) is 10.8 Å². The Balaban J connectivity index is 2.82. The molecule has 68 valence electrons. The number of nitrogens with two attached hydrogens (primary N) is 1. The number of carbonyl (C=O) groups is 1. The minimum absolute atomic E-state index is 0.0200. The van der Waals surface area contributed by atoms with Crippen LogP contribution >= 0.6 is 0 Å². The summed E-state index contributed by atoms with van der Waals surface area (Å²) in [5.41, 5.74) is 5.03. The van der Waals surface area contributed by atoms with Crippen molar-refractivity contribution in [2.24, 2.45) is 5.73 Å². The molecule has 0 aromatic heterocycles. The second-order valence-corrected chi connectivity index (χ2v) is 2.78. The summed E-state index contributed by atoms with van der Waals surface area (Å²) in [4.78, 5) is 10.3. The third-order valence-corrected chi connectivity index (χ3v) is 1.87. The maximum atomic E-state index is 12.7. The zero-order valence-electron chi connectivity index (χ0n) is 6.26. The normalized spacial score (nSPS) is 27.9. The number of carboxylic acids is 1. The Bertz CT molecular complexity index is 238. The highest BCUT2D eigenvalue weighted by atomic mass is 19.3. The SMILES string of the molecule is NC1C=C(C(=O)O)CCC1(F)F. The zero-order chi connectivity index (χ0) is 9.35. The van der Waals surface area contributed by atoms with E-state index in [1.54, 1.807) is 0 Å². The Morgan fingerprint density at radius 2 is 2.33 bits per heavy atom. The maximum absolute atomic E-state index is 12.7. The van der Waals surface area contributed by atoms with Crippen molar-refractivity contribution in [3.8, 4) is 0 Å². The van der Waals surface area contributed by atoms with Gasteiger partial charge in [-0.2, -0.15) is 0 Å². The Hall–Kier alpha value is -0.970. The van der Waals surface area contributed by atoms with Gasteiger partial charge >= 0.3 is 5.97 Å². The molecule has 0 saturated carbocycles. The molecule has 1 aliphatic rings. The van der Waals surface area contributed by atoms with Crippen molar-refractivity contribution in [2.45, 2.75) is 24.8 Å². The van der Waals surface area contributed by atoms with Gasteiger partial charge in [-0.25, -0.2) is 13.6 Å². The molecule has 0 aromatic rings. The number of rotatable bonds is 1. The Labute approximate surface area is 67.9 Å². The van der Waals surface area contributed by atoms with Crippen LogP contribution in [0.1, 0.15) is 12.8 Å². The maximum Gasteiger partial charge on any atom is 0.331 e. The molecule has 3 nitrogen and oxygen atoms in total. The van der Waals surface area contributed by atoms with Gasteiger partial charge in [0.1, 0.15) is 0 Å². The van der Waals surface area contributed by atoms with Crippen LogP contribution in [0.2, 0.25) is 0 Å². The molecule has 5 heteroatoms. The van der Waals surface area contributed by atoms with E-state index in [1.165, 1.54) is 0 Å². The van der Waals surface area contributed by atoms with Crippen molar-refractivity contribution in [1.29, 1.82) is 0 Å². The van der Waals surface area contributed by atoms with Crippen molar-refractivity contribution in [3.63, 3.8) is 0 Å². The van der Waals surface area contributed by atoms with E-state index in [9.17, 15) is 13.6 Å².